The van der Waals surface area contributed by atoms with Gasteiger partial charge in [-0.05, 0) is 38.9 Å². The van der Waals surface area contributed by atoms with Crippen LogP contribution in [0.5, 0.6) is 0 Å². The van der Waals surface area contributed by atoms with E-state index in [0.717, 1.165) is 19.5 Å². The Bertz CT molecular complexity index is 241. The van der Waals surface area contributed by atoms with Crippen molar-refractivity contribution in [2.24, 2.45) is 5.92 Å². The molecule has 1 aliphatic rings. The maximum absolute atomic E-state index is 12.6. The molecule has 6 heteroatoms. The third-order valence-corrected chi connectivity index (χ3v) is 3.67. The molecule has 0 aromatic rings. The highest BCUT2D eigenvalue weighted by molar-refractivity contribution is 4.82. The van der Waals surface area contributed by atoms with Crippen LogP contribution in [0.4, 0.5) is 13.2 Å². The van der Waals surface area contributed by atoms with E-state index >= 15 is 0 Å². The number of likely N-dealkylation sites (tertiary alicyclic amines) is 1. The molecule has 0 saturated carbocycles. The first-order valence-corrected chi connectivity index (χ1v) is 6.99. The van der Waals surface area contributed by atoms with Crippen LogP contribution in [0.15, 0.2) is 0 Å². The van der Waals surface area contributed by atoms with Crippen molar-refractivity contribution in [3.63, 3.8) is 0 Å². The van der Waals surface area contributed by atoms with E-state index in [9.17, 15) is 13.2 Å². The fourth-order valence-corrected chi connectivity index (χ4v) is 2.52. The summed E-state index contributed by atoms with van der Waals surface area (Å²) in [5, 5.41) is 3.31. The number of ether oxygens (including phenoxy) is 1. The monoisotopic (exact) mass is 282 g/mol. The second-order valence-electron chi connectivity index (χ2n) is 5.17. The van der Waals surface area contributed by atoms with Crippen LogP contribution in [-0.2, 0) is 4.74 Å². The lowest BCUT2D eigenvalue weighted by Gasteiger charge is -2.38. The number of alkyl halides is 3. The Kier molecular flexibility index (Phi) is 7.10. The van der Waals surface area contributed by atoms with Gasteiger partial charge in [0.2, 0.25) is 0 Å². The highest BCUT2D eigenvalue weighted by Gasteiger charge is 2.41. The zero-order valence-electron chi connectivity index (χ0n) is 11.8. The molecule has 0 amide bonds. The van der Waals surface area contributed by atoms with Gasteiger partial charge in [-0.1, -0.05) is 6.92 Å². The summed E-state index contributed by atoms with van der Waals surface area (Å²) < 4.78 is 43.0. The predicted octanol–water partition coefficient (Wildman–Crippen LogP) is 2.28. The number of hydrogen-bond donors (Lipinski definition) is 1. The minimum Gasteiger partial charge on any atom is -0.383 e. The minimum atomic E-state index is -4.04. The molecule has 0 aliphatic carbocycles. The molecule has 1 heterocycles. The van der Waals surface area contributed by atoms with Crippen molar-refractivity contribution in [3.8, 4) is 0 Å². The fourth-order valence-electron chi connectivity index (χ4n) is 2.52. The summed E-state index contributed by atoms with van der Waals surface area (Å²) in [6, 6.07) is 0.172. The van der Waals surface area contributed by atoms with E-state index in [-0.39, 0.29) is 18.9 Å². The molecule has 1 atom stereocenters. The summed E-state index contributed by atoms with van der Waals surface area (Å²) in [7, 11) is 1.63. The van der Waals surface area contributed by atoms with E-state index in [0.29, 0.717) is 19.7 Å². The third-order valence-electron chi connectivity index (χ3n) is 3.67. The summed E-state index contributed by atoms with van der Waals surface area (Å²) in [6.07, 6.45) is -2.58. The number of rotatable bonds is 7. The van der Waals surface area contributed by atoms with Gasteiger partial charge >= 0.3 is 6.18 Å². The quantitative estimate of drug-likeness (QED) is 0.725. The number of piperidine rings is 1. The van der Waals surface area contributed by atoms with Gasteiger partial charge in [0.25, 0.3) is 0 Å². The smallest absolute Gasteiger partial charge is 0.383 e. The van der Waals surface area contributed by atoms with Crippen molar-refractivity contribution < 1.29 is 17.9 Å². The molecule has 0 spiro atoms. The maximum Gasteiger partial charge on any atom is 0.391 e. The van der Waals surface area contributed by atoms with Gasteiger partial charge in [0, 0.05) is 19.7 Å². The summed E-state index contributed by atoms with van der Waals surface area (Å²) in [4.78, 5) is 2.12. The van der Waals surface area contributed by atoms with E-state index in [2.05, 4.69) is 17.1 Å². The summed E-state index contributed by atoms with van der Waals surface area (Å²) in [5.74, 6) is -1.13. The number of hydrogen-bond acceptors (Lipinski definition) is 3. The van der Waals surface area contributed by atoms with Gasteiger partial charge < -0.3 is 10.1 Å². The van der Waals surface area contributed by atoms with Gasteiger partial charge in [-0.15, -0.1) is 0 Å². The Morgan fingerprint density at radius 2 is 1.95 bits per heavy atom. The highest BCUT2D eigenvalue weighted by Crippen LogP contribution is 2.34. The molecular weight excluding hydrogens is 257 g/mol. The molecule has 0 aromatic carbocycles. The first-order valence-electron chi connectivity index (χ1n) is 6.99. The number of halogens is 3. The van der Waals surface area contributed by atoms with Crippen LogP contribution in [-0.4, -0.2) is 57.0 Å². The molecule has 0 aromatic heterocycles. The van der Waals surface area contributed by atoms with Crippen LogP contribution in [0.3, 0.4) is 0 Å². The van der Waals surface area contributed by atoms with Gasteiger partial charge in [-0.2, -0.15) is 13.2 Å². The van der Waals surface area contributed by atoms with Gasteiger partial charge in [0.1, 0.15) is 0 Å². The van der Waals surface area contributed by atoms with Crippen molar-refractivity contribution >= 4 is 0 Å². The fraction of sp³-hybridized carbons (Fsp3) is 1.00. The molecule has 114 valence electrons. The SMILES string of the molecule is CCCNCC(COC)N1CCC(C(F)(F)F)CC1. The van der Waals surface area contributed by atoms with Crippen LogP contribution in [0.2, 0.25) is 0 Å². The van der Waals surface area contributed by atoms with E-state index in [1.165, 1.54) is 0 Å². The molecule has 0 bridgehead atoms. The van der Waals surface area contributed by atoms with Crippen LogP contribution in [0.25, 0.3) is 0 Å². The Balaban J connectivity index is 2.40. The summed E-state index contributed by atoms with van der Waals surface area (Å²) in [5.41, 5.74) is 0. The van der Waals surface area contributed by atoms with Crippen LogP contribution in [0, 0.1) is 5.92 Å². The van der Waals surface area contributed by atoms with E-state index in [4.69, 9.17) is 4.74 Å². The lowest BCUT2D eigenvalue weighted by Crippen LogP contribution is -2.50. The normalized spacial score (nSPS) is 20.7. The number of methoxy groups -OCH3 is 1. The van der Waals surface area contributed by atoms with Crippen molar-refractivity contribution in [2.45, 2.75) is 38.4 Å². The first kappa shape index (κ1) is 16.7. The Morgan fingerprint density at radius 3 is 2.42 bits per heavy atom. The van der Waals surface area contributed by atoms with Gasteiger partial charge in [-0.25, -0.2) is 0 Å². The van der Waals surface area contributed by atoms with Crippen LogP contribution >= 0.6 is 0 Å². The van der Waals surface area contributed by atoms with Gasteiger partial charge in [0.15, 0.2) is 0 Å². The molecule has 1 unspecified atom stereocenters. The second-order valence-corrected chi connectivity index (χ2v) is 5.17. The van der Waals surface area contributed by atoms with Crippen molar-refractivity contribution in [1.82, 2.24) is 10.2 Å². The molecular formula is C13H25F3N2O. The molecule has 0 radical (unpaired) electrons. The third kappa shape index (κ3) is 5.67. The Hall–Kier alpha value is -0.330. The Labute approximate surface area is 113 Å². The van der Waals surface area contributed by atoms with Crippen LogP contribution in [0.1, 0.15) is 26.2 Å². The number of nitrogens with zero attached hydrogens (tertiary/aromatic N) is 1. The number of nitrogens with one attached hydrogen (secondary N) is 1. The largest absolute Gasteiger partial charge is 0.391 e. The molecule has 1 saturated heterocycles. The molecule has 1 fully saturated rings. The summed E-state index contributed by atoms with van der Waals surface area (Å²) in [6.45, 7) is 5.37. The zero-order chi connectivity index (χ0) is 14.3. The van der Waals surface area contributed by atoms with Gasteiger partial charge in [0.05, 0.1) is 12.5 Å². The molecule has 1 aliphatic heterocycles. The maximum atomic E-state index is 12.6. The standard InChI is InChI=1S/C13H25F3N2O/c1-3-6-17-9-12(10-19-2)18-7-4-11(5-8-18)13(14,15)16/h11-12,17H,3-10H2,1-2H3. The van der Waals surface area contributed by atoms with Crippen molar-refractivity contribution in [3.05, 3.63) is 0 Å². The molecule has 1 rings (SSSR count). The predicted molar refractivity (Wildman–Crippen MR) is 69.2 cm³/mol. The average molecular weight is 282 g/mol. The lowest BCUT2D eigenvalue weighted by atomic mass is 9.95. The van der Waals surface area contributed by atoms with Crippen LogP contribution < -0.4 is 5.32 Å². The topological polar surface area (TPSA) is 24.5 Å². The zero-order valence-corrected chi connectivity index (χ0v) is 11.8. The molecule has 3 nitrogen and oxygen atoms in total. The van der Waals surface area contributed by atoms with Crippen molar-refractivity contribution in [2.75, 3.05) is 39.9 Å². The first-order chi connectivity index (χ1) is 8.99. The molecule has 19 heavy (non-hydrogen) atoms. The Morgan fingerprint density at radius 1 is 1.32 bits per heavy atom. The lowest BCUT2D eigenvalue weighted by molar-refractivity contribution is -0.186. The van der Waals surface area contributed by atoms with E-state index in [1.54, 1.807) is 7.11 Å². The second kappa shape index (κ2) is 8.07. The summed E-state index contributed by atoms with van der Waals surface area (Å²) >= 11 is 0. The van der Waals surface area contributed by atoms with E-state index in [1.807, 2.05) is 0 Å². The average Bonchev–Trinajstić information content (AvgIpc) is 2.37. The highest BCUT2D eigenvalue weighted by atomic mass is 19.4. The van der Waals surface area contributed by atoms with E-state index < -0.39 is 12.1 Å². The molecule has 1 N–H and O–H groups in total. The van der Waals surface area contributed by atoms with Crippen molar-refractivity contribution in [1.29, 1.82) is 0 Å². The van der Waals surface area contributed by atoms with Gasteiger partial charge in [-0.3, -0.25) is 4.90 Å². The minimum absolute atomic E-state index is 0.172.